The summed E-state index contributed by atoms with van der Waals surface area (Å²) in [6, 6.07) is 13.1. The zero-order valence-electron chi connectivity index (χ0n) is 19.2. The fourth-order valence-electron chi connectivity index (χ4n) is 4.38. The van der Waals surface area contributed by atoms with Crippen LogP contribution in [0, 0.1) is 19.7 Å². The molecule has 0 saturated carbocycles. The van der Waals surface area contributed by atoms with E-state index in [1.807, 2.05) is 25.1 Å². The van der Waals surface area contributed by atoms with Crippen LogP contribution >= 0.6 is 0 Å². The van der Waals surface area contributed by atoms with E-state index in [-0.39, 0.29) is 11.9 Å². The van der Waals surface area contributed by atoms with Crippen molar-refractivity contribution in [1.82, 2.24) is 9.97 Å². The Morgan fingerprint density at radius 1 is 1.06 bits per heavy atom. The molecule has 1 unspecified atom stereocenters. The van der Waals surface area contributed by atoms with Crippen molar-refractivity contribution >= 4 is 5.82 Å². The fourth-order valence-corrected chi connectivity index (χ4v) is 4.38. The molecule has 0 N–H and O–H groups in total. The first-order chi connectivity index (χ1) is 14.7. The van der Waals surface area contributed by atoms with Crippen molar-refractivity contribution < 1.29 is 9.13 Å². The standard InChI is InChI=1S/C26H30FN3O/c1-16-17(2)28-25(26(4,5)20-8-10-21(27)11-9-20)29-24(16)30-14-13-19-7-12-22(31-6)15-23(19)18(30)3/h7-12,15,18H,13-14H2,1-6H3. The van der Waals surface area contributed by atoms with Gasteiger partial charge in [0.15, 0.2) is 0 Å². The van der Waals surface area contributed by atoms with Gasteiger partial charge in [-0.15, -0.1) is 0 Å². The number of aromatic nitrogens is 2. The van der Waals surface area contributed by atoms with Gasteiger partial charge in [-0.1, -0.05) is 18.2 Å². The van der Waals surface area contributed by atoms with Crippen LogP contribution in [0.25, 0.3) is 0 Å². The molecule has 4 nitrogen and oxygen atoms in total. The van der Waals surface area contributed by atoms with Crippen molar-refractivity contribution in [2.75, 3.05) is 18.6 Å². The molecule has 0 radical (unpaired) electrons. The number of benzene rings is 2. The van der Waals surface area contributed by atoms with Crippen LogP contribution in [0.4, 0.5) is 10.2 Å². The molecule has 3 aromatic rings. The number of rotatable bonds is 4. The van der Waals surface area contributed by atoms with E-state index < -0.39 is 5.41 Å². The van der Waals surface area contributed by atoms with Crippen LogP contribution in [-0.2, 0) is 11.8 Å². The maximum Gasteiger partial charge on any atom is 0.140 e. The highest BCUT2D eigenvalue weighted by molar-refractivity contribution is 5.54. The molecular weight excluding hydrogens is 389 g/mol. The van der Waals surface area contributed by atoms with Crippen LogP contribution in [0.3, 0.4) is 0 Å². The summed E-state index contributed by atoms with van der Waals surface area (Å²) in [4.78, 5) is 12.3. The van der Waals surface area contributed by atoms with E-state index in [0.29, 0.717) is 0 Å². The number of methoxy groups -OCH3 is 1. The Bertz CT molecular complexity index is 1110. The molecule has 1 atom stereocenters. The van der Waals surface area contributed by atoms with Crippen molar-refractivity contribution in [3.05, 3.63) is 82.1 Å². The average Bonchev–Trinajstić information content (AvgIpc) is 2.76. The number of anilines is 1. The van der Waals surface area contributed by atoms with E-state index in [9.17, 15) is 4.39 Å². The predicted molar refractivity (Wildman–Crippen MR) is 122 cm³/mol. The quantitative estimate of drug-likeness (QED) is 0.544. The molecule has 162 valence electrons. The third-order valence-corrected chi connectivity index (χ3v) is 6.65. The summed E-state index contributed by atoms with van der Waals surface area (Å²) in [5, 5.41) is 0. The van der Waals surface area contributed by atoms with Gasteiger partial charge in [0.2, 0.25) is 0 Å². The van der Waals surface area contributed by atoms with Crippen molar-refractivity contribution in [1.29, 1.82) is 0 Å². The zero-order chi connectivity index (χ0) is 22.3. The Kier molecular flexibility index (Phi) is 5.46. The topological polar surface area (TPSA) is 38.2 Å². The molecule has 0 bridgehead atoms. The zero-order valence-corrected chi connectivity index (χ0v) is 19.2. The number of ether oxygens (including phenoxy) is 1. The summed E-state index contributed by atoms with van der Waals surface area (Å²) in [7, 11) is 1.70. The van der Waals surface area contributed by atoms with Gasteiger partial charge in [0.05, 0.1) is 13.2 Å². The number of aryl methyl sites for hydroxylation is 1. The molecule has 1 aromatic heterocycles. The maximum absolute atomic E-state index is 13.5. The monoisotopic (exact) mass is 419 g/mol. The molecule has 1 aliphatic rings. The minimum atomic E-state index is -0.443. The van der Waals surface area contributed by atoms with Gasteiger partial charge in [-0.05, 0) is 82.0 Å². The highest BCUT2D eigenvalue weighted by Gasteiger charge is 2.31. The van der Waals surface area contributed by atoms with Gasteiger partial charge in [0.1, 0.15) is 23.2 Å². The first kappa shape index (κ1) is 21.3. The largest absolute Gasteiger partial charge is 0.497 e. The van der Waals surface area contributed by atoms with Gasteiger partial charge in [-0.2, -0.15) is 0 Å². The lowest BCUT2D eigenvalue weighted by atomic mass is 9.83. The summed E-state index contributed by atoms with van der Waals surface area (Å²) in [6.45, 7) is 11.4. The van der Waals surface area contributed by atoms with Crippen molar-refractivity contribution in [2.45, 2.75) is 52.5 Å². The summed E-state index contributed by atoms with van der Waals surface area (Å²) < 4.78 is 18.9. The highest BCUT2D eigenvalue weighted by Crippen LogP contribution is 2.38. The lowest BCUT2D eigenvalue weighted by molar-refractivity contribution is 0.413. The number of fused-ring (bicyclic) bond motifs is 1. The second-order valence-corrected chi connectivity index (χ2v) is 8.90. The van der Waals surface area contributed by atoms with E-state index in [0.717, 1.165) is 47.2 Å². The van der Waals surface area contributed by atoms with E-state index in [1.54, 1.807) is 7.11 Å². The second kappa shape index (κ2) is 7.95. The molecule has 0 fully saturated rings. The van der Waals surface area contributed by atoms with Gasteiger partial charge in [0.25, 0.3) is 0 Å². The Morgan fingerprint density at radius 2 is 1.77 bits per heavy atom. The van der Waals surface area contributed by atoms with Gasteiger partial charge in [-0.25, -0.2) is 14.4 Å². The summed E-state index contributed by atoms with van der Waals surface area (Å²) in [5.74, 6) is 2.36. The van der Waals surface area contributed by atoms with Gasteiger partial charge < -0.3 is 9.64 Å². The lowest BCUT2D eigenvalue weighted by Crippen LogP contribution is -2.36. The molecule has 2 aromatic carbocycles. The Hall–Kier alpha value is -2.95. The Labute approximate surface area is 184 Å². The normalized spacial score (nSPS) is 16.2. The molecule has 1 aliphatic heterocycles. The van der Waals surface area contributed by atoms with E-state index in [2.05, 4.69) is 44.7 Å². The minimum Gasteiger partial charge on any atom is -0.497 e. The molecule has 4 rings (SSSR count). The highest BCUT2D eigenvalue weighted by atomic mass is 19.1. The fraction of sp³-hybridized carbons (Fsp3) is 0.385. The lowest BCUT2D eigenvalue weighted by Gasteiger charge is -2.38. The second-order valence-electron chi connectivity index (χ2n) is 8.90. The minimum absolute atomic E-state index is 0.175. The van der Waals surface area contributed by atoms with E-state index >= 15 is 0 Å². The molecule has 0 amide bonds. The summed E-state index contributed by atoms with van der Waals surface area (Å²) in [6.07, 6.45) is 0.961. The number of hydrogen-bond donors (Lipinski definition) is 0. The third-order valence-electron chi connectivity index (χ3n) is 6.65. The molecule has 2 heterocycles. The molecule has 0 aliphatic carbocycles. The SMILES string of the molecule is COc1ccc2c(c1)C(C)N(c1nc(C(C)(C)c3ccc(F)cc3)nc(C)c1C)CC2. The van der Waals surface area contributed by atoms with Crippen molar-refractivity contribution in [3.63, 3.8) is 0 Å². The number of halogens is 1. The summed E-state index contributed by atoms with van der Waals surface area (Å²) >= 11 is 0. The Balaban J connectivity index is 1.77. The van der Waals surface area contributed by atoms with Crippen LogP contribution in [0.15, 0.2) is 42.5 Å². The van der Waals surface area contributed by atoms with Crippen molar-refractivity contribution in [3.8, 4) is 5.75 Å². The predicted octanol–water partition coefficient (Wildman–Crippen LogP) is 5.69. The van der Waals surface area contributed by atoms with Crippen LogP contribution in [0.5, 0.6) is 5.75 Å². The first-order valence-corrected chi connectivity index (χ1v) is 10.8. The average molecular weight is 420 g/mol. The third kappa shape index (κ3) is 3.78. The molecule has 31 heavy (non-hydrogen) atoms. The van der Waals surface area contributed by atoms with Crippen LogP contribution in [0.2, 0.25) is 0 Å². The van der Waals surface area contributed by atoms with Crippen LogP contribution < -0.4 is 9.64 Å². The summed E-state index contributed by atoms with van der Waals surface area (Å²) in [5.41, 5.74) is 5.25. The maximum atomic E-state index is 13.5. The van der Waals surface area contributed by atoms with Crippen molar-refractivity contribution in [2.24, 2.45) is 0 Å². The molecule has 0 spiro atoms. The Morgan fingerprint density at radius 3 is 2.45 bits per heavy atom. The smallest absolute Gasteiger partial charge is 0.140 e. The molecule has 5 heteroatoms. The van der Waals surface area contributed by atoms with Crippen LogP contribution in [0.1, 0.15) is 60.6 Å². The van der Waals surface area contributed by atoms with Gasteiger partial charge in [-0.3, -0.25) is 0 Å². The molecular formula is C26H30FN3O. The first-order valence-electron chi connectivity index (χ1n) is 10.8. The number of nitrogens with zero attached hydrogens (tertiary/aromatic N) is 3. The molecule has 0 saturated heterocycles. The van der Waals surface area contributed by atoms with E-state index in [4.69, 9.17) is 14.7 Å². The van der Waals surface area contributed by atoms with Crippen LogP contribution in [-0.4, -0.2) is 23.6 Å². The van der Waals surface area contributed by atoms with Gasteiger partial charge >= 0.3 is 0 Å². The van der Waals surface area contributed by atoms with Gasteiger partial charge in [0, 0.05) is 23.2 Å². The van der Waals surface area contributed by atoms with E-state index in [1.165, 1.54) is 23.3 Å². The number of hydrogen-bond acceptors (Lipinski definition) is 4.